The number of nitrogens with zero attached hydrogens (tertiary/aromatic N) is 3. The van der Waals surface area contributed by atoms with Crippen molar-refractivity contribution in [1.82, 2.24) is 15.5 Å². The van der Waals surface area contributed by atoms with Crippen LogP contribution >= 0.6 is 0 Å². The highest BCUT2D eigenvalue weighted by Crippen LogP contribution is 2.32. The Morgan fingerprint density at radius 3 is 3.00 bits per heavy atom. The molecule has 1 atom stereocenters. The molecular formula is C17H17FN4O2. The Balaban J connectivity index is 1.57. The lowest BCUT2D eigenvalue weighted by Gasteiger charge is -2.09. The van der Waals surface area contributed by atoms with Crippen LogP contribution in [0.25, 0.3) is 11.4 Å². The molecule has 1 aromatic heterocycles. The van der Waals surface area contributed by atoms with Crippen molar-refractivity contribution in [2.45, 2.75) is 38.6 Å². The van der Waals surface area contributed by atoms with Crippen LogP contribution in [0.4, 0.5) is 4.39 Å². The number of amides is 1. The third kappa shape index (κ3) is 3.77. The monoisotopic (exact) mass is 328 g/mol. The molecule has 7 heteroatoms. The van der Waals surface area contributed by atoms with E-state index in [0.29, 0.717) is 17.0 Å². The first-order valence-corrected chi connectivity index (χ1v) is 7.85. The summed E-state index contributed by atoms with van der Waals surface area (Å²) in [6.07, 6.45) is 2.40. The average molecular weight is 328 g/mol. The van der Waals surface area contributed by atoms with Gasteiger partial charge in [-0.3, -0.25) is 4.79 Å². The molecule has 1 aliphatic rings. The fourth-order valence-electron chi connectivity index (χ4n) is 2.36. The standard InChI is InChI=1S/C17H17FN4O2/c1-10-2-3-12(8-13(10)18)17-21-16(24-22-17)7-6-15(23)20-14(9-19)11-4-5-11/h2-3,8,11,14H,4-7H2,1H3,(H,20,23)/t14-/m0/s1. The molecule has 1 aromatic carbocycles. The highest BCUT2D eigenvalue weighted by Gasteiger charge is 2.32. The van der Waals surface area contributed by atoms with Gasteiger partial charge in [-0.1, -0.05) is 17.3 Å². The molecule has 0 bridgehead atoms. The number of hydrogen-bond acceptors (Lipinski definition) is 5. The number of carbonyl (C=O) groups is 1. The van der Waals surface area contributed by atoms with E-state index in [1.54, 1.807) is 19.1 Å². The van der Waals surface area contributed by atoms with Crippen LogP contribution < -0.4 is 5.32 Å². The third-order valence-corrected chi connectivity index (χ3v) is 4.01. The van der Waals surface area contributed by atoms with Gasteiger partial charge in [0.15, 0.2) is 0 Å². The van der Waals surface area contributed by atoms with E-state index < -0.39 is 6.04 Å². The zero-order valence-corrected chi connectivity index (χ0v) is 13.3. The van der Waals surface area contributed by atoms with Gasteiger partial charge >= 0.3 is 0 Å². The SMILES string of the molecule is Cc1ccc(-c2noc(CCC(=O)N[C@@H](C#N)C3CC3)n2)cc1F. The maximum Gasteiger partial charge on any atom is 0.227 e. The lowest BCUT2D eigenvalue weighted by molar-refractivity contribution is -0.121. The van der Waals surface area contributed by atoms with Gasteiger partial charge < -0.3 is 9.84 Å². The van der Waals surface area contributed by atoms with Crippen LogP contribution in [0.5, 0.6) is 0 Å². The van der Waals surface area contributed by atoms with E-state index in [4.69, 9.17) is 9.78 Å². The van der Waals surface area contributed by atoms with Crippen LogP contribution in [0.2, 0.25) is 0 Å². The summed E-state index contributed by atoms with van der Waals surface area (Å²) in [5.41, 5.74) is 1.07. The molecule has 0 radical (unpaired) electrons. The number of nitrogens with one attached hydrogen (secondary N) is 1. The molecule has 0 saturated heterocycles. The number of carbonyl (C=O) groups excluding carboxylic acids is 1. The van der Waals surface area contributed by atoms with Gasteiger partial charge in [0.1, 0.15) is 11.9 Å². The molecule has 3 rings (SSSR count). The van der Waals surface area contributed by atoms with Gasteiger partial charge in [-0.2, -0.15) is 10.2 Å². The van der Waals surface area contributed by atoms with Crippen molar-refractivity contribution in [3.63, 3.8) is 0 Å². The fourth-order valence-corrected chi connectivity index (χ4v) is 2.36. The van der Waals surface area contributed by atoms with Crippen LogP contribution in [0.3, 0.4) is 0 Å². The van der Waals surface area contributed by atoms with Crippen molar-refractivity contribution in [3.8, 4) is 17.5 Å². The number of aromatic nitrogens is 2. The number of nitriles is 1. The molecule has 24 heavy (non-hydrogen) atoms. The minimum atomic E-state index is -0.411. The topological polar surface area (TPSA) is 91.8 Å². The molecule has 1 aliphatic carbocycles. The summed E-state index contributed by atoms with van der Waals surface area (Å²) in [6.45, 7) is 1.68. The van der Waals surface area contributed by atoms with E-state index in [2.05, 4.69) is 21.5 Å². The first-order chi connectivity index (χ1) is 11.6. The number of hydrogen-bond donors (Lipinski definition) is 1. The summed E-state index contributed by atoms with van der Waals surface area (Å²) in [5.74, 6) is 0.332. The first-order valence-electron chi connectivity index (χ1n) is 7.85. The molecule has 1 N–H and O–H groups in total. The molecule has 1 amide bonds. The van der Waals surface area contributed by atoms with Gasteiger partial charge in [-0.05, 0) is 37.3 Å². The number of benzene rings is 1. The van der Waals surface area contributed by atoms with Crippen molar-refractivity contribution in [2.24, 2.45) is 5.92 Å². The predicted octanol–water partition coefficient (Wildman–Crippen LogP) is 2.54. The van der Waals surface area contributed by atoms with Crippen LogP contribution in [0, 0.1) is 30.0 Å². The normalized spacial score (nSPS) is 14.9. The maximum absolute atomic E-state index is 13.6. The summed E-state index contributed by atoms with van der Waals surface area (Å²) < 4.78 is 18.7. The van der Waals surface area contributed by atoms with Crippen LogP contribution in [-0.2, 0) is 11.2 Å². The van der Waals surface area contributed by atoms with Crippen molar-refractivity contribution < 1.29 is 13.7 Å². The minimum absolute atomic E-state index is 0.162. The molecular weight excluding hydrogens is 311 g/mol. The van der Waals surface area contributed by atoms with E-state index in [9.17, 15) is 9.18 Å². The van der Waals surface area contributed by atoms with Gasteiger partial charge in [0, 0.05) is 18.4 Å². The Hall–Kier alpha value is -2.75. The molecule has 1 fully saturated rings. The molecule has 6 nitrogen and oxygen atoms in total. The van der Waals surface area contributed by atoms with Crippen molar-refractivity contribution in [1.29, 1.82) is 5.26 Å². The second-order valence-corrected chi connectivity index (χ2v) is 5.99. The summed E-state index contributed by atoms with van der Waals surface area (Å²) >= 11 is 0. The lowest BCUT2D eigenvalue weighted by Crippen LogP contribution is -2.35. The second kappa shape index (κ2) is 6.79. The number of aryl methyl sites for hydroxylation is 2. The highest BCUT2D eigenvalue weighted by molar-refractivity contribution is 5.76. The molecule has 0 spiro atoms. The summed E-state index contributed by atoms with van der Waals surface area (Å²) in [4.78, 5) is 16.1. The van der Waals surface area contributed by atoms with Gasteiger partial charge in [0.2, 0.25) is 17.6 Å². The van der Waals surface area contributed by atoms with Crippen molar-refractivity contribution >= 4 is 5.91 Å². The van der Waals surface area contributed by atoms with E-state index in [0.717, 1.165) is 12.8 Å². The van der Waals surface area contributed by atoms with Gasteiger partial charge in [-0.25, -0.2) is 4.39 Å². The first kappa shape index (κ1) is 16.1. The van der Waals surface area contributed by atoms with Crippen LogP contribution in [-0.4, -0.2) is 22.1 Å². The Labute approximate surface area is 138 Å². The highest BCUT2D eigenvalue weighted by atomic mass is 19.1. The van der Waals surface area contributed by atoms with Gasteiger partial charge in [-0.15, -0.1) is 0 Å². The van der Waals surface area contributed by atoms with Gasteiger partial charge in [0.05, 0.1) is 6.07 Å². The minimum Gasteiger partial charge on any atom is -0.340 e. The van der Waals surface area contributed by atoms with E-state index in [1.165, 1.54) is 6.07 Å². The maximum atomic E-state index is 13.6. The molecule has 124 valence electrons. The number of halogens is 1. The van der Waals surface area contributed by atoms with Crippen molar-refractivity contribution in [3.05, 3.63) is 35.5 Å². The van der Waals surface area contributed by atoms with Gasteiger partial charge in [0.25, 0.3) is 0 Å². The summed E-state index contributed by atoms with van der Waals surface area (Å²) in [7, 11) is 0. The van der Waals surface area contributed by atoms with Crippen LogP contribution in [0.15, 0.2) is 22.7 Å². The second-order valence-electron chi connectivity index (χ2n) is 5.99. The zero-order chi connectivity index (χ0) is 17.1. The third-order valence-electron chi connectivity index (χ3n) is 4.01. The Kier molecular flexibility index (Phi) is 4.56. The largest absolute Gasteiger partial charge is 0.340 e. The molecule has 1 heterocycles. The Morgan fingerprint density at radius 2 is 2.33 bits per heavy atom. The molecule has 1 saturated carbocycles. The summed E-state index contributed by atoms with van der Waals surface area (Å²) in [5, 5.41) is 15.5. The lowest BCUT2D eigenvalue weighted by atomic mass is 10.1. The fraction of sp³-hybridized carbons (Fsp3) is 0.412. The summed E-state index contributed by atoms with van der Waals surface area (Å²) in [6, 6.07) is 6.41. The van der Waals surface area contributed by atoms with E-state index >= 15 is 0 Å². The predicted molar refractivity (Wildman–Crippen MR) is 83.0 cm³/mol. The van der Waals surface area contributed by atoms with E-state index in [1.807, 2.05) is 0 Å². The number of rotatable bonds is 6. The average Bonchev–Trinajstić information content (AvgIpc) is 3.31. The Bertz CT molecular complexity index is 792. The quantitative estimate of drug-likeness (QED) is 0.880. The molecule has 2 aromatic rings. The smallest absolute Gasteiger partial charge is 0.227 e. The Morgan fingerprint density at radius 1 is 1.54 bits per heavy atom. The zero-order valence-electron chi connectivity index (χ0n) is 13.3. The molecule has 0 unspecified atom stereocenters. The van der Waals surface area contributed by atoms with Crippen molar-refractivity contribution in [2.75, 3.05) is 0 Å². The van der Waals surface area contributed by atoms with Crippen LogP contribution in [0.1, 0.15) is 30.7 Å². The van der Waals surface area contributed by atoms with E-state index in [-0.39, 0.29) is 36.3 Å². The molecule has 0 aliphatic heterocycles.